The van der Waals surface area contributed by atoms with Gasteiger partial charge in [0.25, 0.3) is 0 Å². The fraction of sp³-hybridized carbons (Fsp3) is 0.429. The van der Waals surface area contributed by atoms with Crippen LogP contribution in [0.4, 0.5) is 0 Å². The molecule has 1 unspecified atom stereocenters. The number of benzene rings is 1. The van der Waals surface area contributed by atoms with Crippen LogP contribution in [0.25, 0.3) is 0 Å². The summed E-state index contributed by atoms with van der Waals surface area (Å²) in [5.74, 6) is 0. The Labute approximate surface area is 106 Å². The molecule has 0 aliphatic rings. The van der Waals surface area contributed by atoms with E-state index in [1.807, 2.05) is 37.3 Å². The Morgan fingerprint density at radius 2 is 1.82 bits per heavy atom. The van der Waals surface area contributed by atoms with Crippen molar-refractivity contribution in [2.45, 2.75) is 32.6 Å². The highest BCUT2D eigenvalue weighted by Gasteiger charge is 2.05. The largest absolute Gasteiger partial charge is 0.283 e. The third kappa shape index (κ3) is 5.80. The summed E-state index contributed by atoms with van der Waals surface area (Å²) in [7, 11) is 0. The first kappa shape index (κ1) is 14.1. The van der Waals surface area contributed by atoms with Gasteiger partial charge in [0, 0.05) is 0 Å². The molecule has 0 heterocycles. The zero-order valence-electron chi connectivity index (χ0n) is 10.9. The van der Waals surface area contributed by atoms with E-state index in [1.165, 1.54) is 0 Å². The molecule has 17 heavy (non-hydrogen) atoms. The zero-order chi connectivity index (χ0) is 12.9. The Morgan fingerprint density at radius 3 is 2.35 bits per heavy atom. The van der Waals surface area contributed by atoms with Crippen molar-refractivity contribution in [3.63, 3.8) is 0 Å². The van der Waals surface area contributed by atoms with Crippen molar-refractivity contribution in [1.82, 2.24) is 0 Å². The van der Waals surface area contributed by atoms with Crippen LogP contribution in [-0.2, 0) is 15.3 Å². The fourth-order valence-electron chi connectivity index (χ4n) is 1.22. The molecule has 0 saturated carbocycles. The van der Waals surface area contributed by atoms with Crippen molar-refractivity contribution in [3.8, 4) is 0 Å². The highest BCUT2D eigenvalue weighted by molar-refractivity contribution is 7.80. The SMILES string of the molecule is Cc1ccc(S(=O)OC/C=C/C(C)(C)C)cc1. The second kappa shape index (κ2) is 6.12. The van der Waals surface area contributed by atoms with E-state index in [4.69, 9.17) is 4.18 Å². The van der Waals surface area contributed by atoms with Crippen LogP contribution < -0.4 is 0 Å². The van der Waals surface area contributed by atoms with Crippen LogP contribution in [0.15, 0.2) is 41.3 Å². The first-order chi connectivity index (χ1) is 7.88. The predicted molar refractivity (Wildman–Crippen MR) is 72.1 cm³/mol. The summed E-state index contributed by atoms with van der Waals surface area (Å²) in [5.41, 5.74) is 1.28. The van der Waals surface area contributed by atoms with Crippen LogP contribution in [0, 0.1) is 12.3 Å². The van der Waals surface area contributed by atoms with E-state index < -0.39 is 11.1 Å². The highest BCUT2D eigenvalue weighted by atomic mass is 32.2. The van der Waals surface area contributed by atoms with Crippen LogP contribution in [0.5, 0.6) is 0 Å². The van der Waals surface area contributed by atoms with E-state index in [1.54, 1.807) is 0 Å². The maximum Gasteiger partial charge on any atom is 0.189 e. The molecular formula is C14H20O2S. The molecule has 0 aliphatic carbocycles. The lowest BCUT2D eigenvalue weighted by atomic mass is 9.97. The molecule has 1 aromatic rings. The van der Waals surface area contributed by atoms with Gasteiger partial charge in [0.15, 0.2) is 11.1 Å². The van der Waals surface area contributed by atoms with Crippen molar-refractivity contribution in [2.24, 2.45) is 5.41 Å². The minimum Gasteiger partial charge on any atom is -0.283 e. The normalized spacial score (nSPS) is 14.1. The van der Waals surface area contributed by atoms with Crippen LogP contribution in [-0.4, -0.2) is 10.8 Å². The molecule has 0 N–H and O–H groups in total. The molecule has 2 nitrogen and oxygen atoms in total. The summed E-state index contributed by atoms with van der Waals surface area (Å²) in [6.07, 6.45) is 3.96. The topological polar surface area (TPSA) is 26.3 Å². The summed E-state index contributed by atoms with van der Waals surface area (Å²) >= 11 is -1.37. The van der Waals surface area contributed by atoms with Gasteiger partial charge in [-0.25, -0.2) is 4.21 Å². The zero-order valence-corrected chi connectivity index (χ0v) is 11.7. The Kier molecular flexibility index (Phi) is 5.09. The quantitative estimate of drug-likeness (QED) is 0.765. The first-order valence-electron chi connectivity index (χ1n) is 5.68. The van der Waals surface area contributed by atoms with Gasteiger partial charge in [-0.15, -0.1) is 0 Å². The second-order valence-corrected chi connectivity index (χ2v) is 6.28. The molecule has 1 aromatic carbocycles. The Morgan fingerprint density at radius 1 is 1.24 bits per heavy atom. The molecule has 0 radical (unpaired) electrons. The molecule has 0 amide bonds. The summed E-state index contributed by atoms with van der Waals surface area (Å²) < 4.78 is 17.0. The van der Waals surface area contributed by atoms with Gasteiger partial charge in [0.2, 0.25) is 0 Å². The lowest BCUT2D eigenvalue weighted by molar-refractivity contribution is 0.391. The standard InChI is InChI=1S/C14H20O2S/c1-12-6-8-13(9-7-12)17(15)16-11-5-10-14(2,3)4/h5-10H,11H2,1-4H3/b10-5+. The number of aryl methyl sites for hydroxylation is 1. The van der Waals surface area contributed by atoms with Crippen molar-refractivity contribution in [2.75, 3.05) is 6.61 Å². The van der Waals surface area contributed by atoms with Crippen LogP contribution in [0.3, 0.4) is 0 Å². The third-order valence-electron chi connectivity index (χ3n) is 2.10. The van der Waals surface area contributed by atoms with Crippen LogP contribution in [0.1, 0.15) is 26.3 Å². The Bertz CT molecular complexity index is 399. The molecule has 0 fully saturated rings. The van der Waals surface area contributed by atoms with Gasteiger partial charge < -0.3 is 0 Å². The average molecular weight is 252 g/mol. The first-order valence-corrected chi connectivity index (χ1v) is 6.75. The van der Waals surface area contributed by atoms with E-state index in [9.17, 15) is 4.21 Å². The molecule has 0 spiro atoms. The minimum atomic E-state index is -1.37. The molecule has 0 aliphatic heterocycles. The number of hydrogen-bond acceptors (Lipinski definition) is 2. The molecule has 0 saturated heterocycles. The molecule has 0 aromatic heterocycles. The van der Waals surface area contributed by atoms with Gasteiger partial charge in [-0.1, -0.05) is 50.6 Å². The lowest BCUT2D eigenvalue weighted by Gasteiger charge is -2.10. The van der Waals surface area contributed by atoms with E-state index >= 15 is 0 Å². The third-order valence-corrected chi connectivity index (χ3v) is 3.11. The number of hydrogen-bond donors (Lipinski definition) is 0. The van der Waals surface area contributed by atoms with Crippen LogP contribution in [0.2, 0.25) is 0 Å². The highest BCUT2D eigenvalue weighted by Crippen LogP contribution is 2.14. The second-order valence-electron chi connectivity index (χ2n) is 5.10. The lowest BCUT2D eigenvalue weighted by Crippen LogP contribution is -2.01. The summed E-state index contributed by atoms with van der Waals surface area (Å²) in [6, 6.07) is 7.53. The van der Waals surface area contributed by atoms with E-state index in [-0.39, 0.29) is 5.41 Å². The van der Waals surface area contributed by atoms with Gasteiger partial charge in [0.1, 0.15) is 0 Å². The van der Waals surface area contributed by atoms with Crippen molar-refractivity contribution in [3.05, 3.63) is 42.0 Å². The maximum absolute atomic E-state index is 11.7. The van der Waals surface area contributed by atoms with Gasteiger partial charge >= 0.3 is 0 Å². The van der Waals surface area contributed by atoms with Gasteiger partial charge in [0.05, 0.1) is 11.5 Å². The van der Waals surface area contributed by atoms with Gasteiger partial charge in [-0.2, -0.15) is 0 Å². The smallest absolute Gasteiger partial charge is 0.189 e. The van der Waals surface area contributed by atoms with E-state index in [2.05, 4.69) is 26.8 Å². The molecule has 3 heteroatoms. The van der Waals surface area contributed by atoms with E-state index in [0.29, 0.717) is 11.5 Å². The minimum absolute atomic E-state index is 0.134. The average Bonchev–Trinajstić information content (AvgIpc) is 2.24. The summed E-state index contributed by atoms with van der Waals surface area (Å²) in [6.45, 7) is 8.71. The molecule has 0 bridgehead atoms. The summed E-state index contributed by atoms with van der Waals surface area (Å²) in [5, 5.41) is 0. The Balaban J connectivity index is 2.46. The molecule has 1 atom stereocenters. The molecule has 1 rings (SSSR count). The summed E-state index contributed by atoms with van der Waals surface area (Å²) in [4.78, 5) is 0.708. The Hall–Kier alpha value is -0.930. The predicted octanol–water partition coefficient (Wildman–Crippen LogP) is 3.64. The van der Waals surface area contributed by atoms with Gasteiger partial charge in [-0.05, 0) is 24.5 Å². The van der Waals surface area contributed by atoms with Crippen molar-refractivity contribution in [1.29, 1.82) is 0 Å². The number of rotatable bonds is 4. The van der Waals surface area contributed by atoms with E-state index in [0.717, 1.165) is 5.56 Å². The van der Waals surface area contributed by atoms with Crippen LogP contribution >= 0.6 is 0 Å². The molecule has 94 valence electrons. The molecular weight excluding hydrogens is 232 g/mol. The maximum atomic E-state index is 11.7. The fourth-order valence-corrected chi connectivity index (χ4v) is 1.92. The monoisotopic (exact) mass is 252 g/mol. The van der Waals surface area contributed by atoms with Crippen molar-refractivity contribution >= 4 is 11.1 Å². The number of allylic oxidation sites excluding steroid dienone is 1. The van der Waals surface area contributed by atoms with Crippen molar-refractivity contribution < 1.29 is 8.39 Å². The van der Waals surface area contributed by atoms with Gasteiger partial charge in [-0.3, -0.25) is 4.18 Å².